The number of benzene rings is 1. The number of nitrogens with one attached hydrogen (secondary N) is 2. The van der Waals surface area contributed by atoms with E-state index in [-0.39, 0.29) is 19.5 Å². The third-order valence-corrected chi connectivity index (χ3v) is 7.34. The van der Waals surface area contributed by atoms with Gasteiger partial charge in [0.2, 0.25) is 0 Å². The molecule has 0 radical (unpaired) electrons. The van der Waals surface area contributed by atoms with E-state index in [4.69, 9.17) is 10.7 Å². The Kier molecular flexibility index (Phi) is 7.00. The number of aromatic amines is 2. The lowest BCUT2D eigenvalue weighted by molar-refractivity contribution is 0.0131. The normalized spacial score (nSPS) is 16.4. The van der Waals surface area contributed by atoms with Gasteiger partial charge in [-0.05, 0) is 65.1 Å². The zero-order valence-corrected chi connectivity index (χ0v) is 22.3. The lowest BCUT2D eigenvalue weighted by Gasteiger charge is -2.17. The van der Waals surface area contributed by atoms with E-state index in [1.54, 1.807) is 17.3 Å². The fraction of sp³-hybridized carbons (Fsp3) is 0.258. The van der Waals surface area contributed by atoms with Crippen LogP contribution in [0.1, 0.15) is 25.5 Å². The molecule has 9 heteroatoms. The van der Waals surface area contributed by atoms with Crippen LogP contribution in [0.3, 0.4) is 0 Å². The molecule has 6 rings (SSSR count). The number of fused-ring (bicyclic) bond motifs is 2. The van der Waals surface area contributed by atoms with Gasteiger partial charge in [0.25, 0.3) is 5.92 Å². The molecule has 0 amide bonds. The Morgan fingerprint density at radius 3 is 2.73 bits per heavy atom. The van der Waals surface area contributed by atoms with E-state index in [1.165, 1.54) is 0 Å². The summed E-state index contributed by atoms with van der Waals surface area (Å²) in [7, 11) is 0. The lowest BCUT2D eigenvalue weighted by Crippen LogP contribution is -2.28. The summed E-state index contributed by atoms with van der Waals surface area (Å²) in [6.07, 6.45) is 8.36. The molecule has 5 aromatic rings. The van der Waals surface area contributed by atoms with Crippen LogP contribution in [0, 0.1) is 0 Å². The number of alkyl halides is 2. The molecule has 0 aliphatic carbocycles. The Balaban J connectivity index is 1.36. The molecule has 0 bridgehead atoms. The second kappa shape index (κ2) is 10.7. The molecule has 0 saturated carbocycles. The zero-order chi connectivity index (χ0) is 27.7. The van der Waals surface area contributed by atoms with Crippen LogP contribution in [0.5, 0.6) is 0 Å². The molecule has 1 aliphatic heterocycles. The molecular weight excluding hydrogens is 508 g/mol. The number of H-pyrrole nitrogens is 2. The summed E-state index contributed by atoms with van der Waals surface area (Å²) in [5.74, 6) is -2.63. The third-order valence-electron chi connectivity index (χ3n) is 7.34. The van der Waals surface area contributed by atoms with Gasteiger partial charge in [-0.2, -0.15) is 5.10 Å². The molecule has 4 aromatic heterocycles. The molecule has 0 unspecified atom stereocenters. The van der Waals surface area contributed by atoms with Crippen molar-refractivity contribution in [1.29, 1.82) is 0 Å². The van der Waals surface area contributed by atoms with Gasteiger partial charge in [-0.25, -0.2) is 13.8 Å². The van der Waals surface area contributed by atoms with Crippen molar-refractivity contribution in [2.45, 2.75) is 25.7 Å². The summed E-state index contributed by atoms with van der Waals surface area (Å²) < 4.78 is 27.5. The first kappa shape index (κ1) is 26.0. The number of allylic oxidation sites excluding steroid dienone is 3. The molecule has 7 nitrogen and oxygen atoms in total. The molecule has 1 aliphatic rings. The first-order valence-electron chi connectivity index (χ1n) is 13.5. The third kappa shape index (κ3) is 5.17. The molecule has 204 valence electrons. The molecule has 1 fully saturated rings. The van der Waals surface area contributed by atoms with E-state index in [2.05, 4.69) is 51.4 Å². The van der Waals surface area contributed by atoms with Crippen molar-refractivity contribution in [2.75, 3.05) is 26.2 Å². The number of likely N-dealkylation sites (tertiary alicyclic amines) is 1. The van der Waals surface area contributed by atoms with Gasteiger partial charge in [-0.15, -0.1) is 0 Å². The van der Waals surface area contributed by atoms with Crippen molar-refractivity contribution in [3.63, 3.8) is 0 Å². The van der Waals surface area contributed by atoms with Crippen LogP contribution in [0.15, 0.2) is 78.6 Å². The number of nitrogens with two attached hydrogens (primary N) is 1. The topological polar surface area (TPSA) is 99.5 Å². The maximum Gasteiger partial charge on any atom is 0.261 e. The van der Waals surface area contributed by atoms with E-state index in [9.17, 15) is 8.78 Å². The van der Waals surface area contributed by atoms with Gasteiger partial charge < -0.3 is 10.7 Å². The zero-order valence-electron chi connectivity index (χ0n) is 22.3. The highest BCUT2D eigenvalue weighted by molar-refractivity contribution is 6.00. The number of nitrogens with zero attached hydrogens (tertiary/aromatic N) is 4. The summed E-state index contributed by atoms with van der Waals surface area (Å²) in [6.45, 7) is 2.91. The predicted molar refractivity (Wildman–Crippen MR) is 156 cm³/mol. The van der Waals surface area contributed by atoms with Crippen molar-refractivity contribution in [3.8, 4) is 22.5 Å². The molecule has 40 heavy (non-hydrogen) atoms. The van der Waals surface area contributed by atoms with Crippen molar-refractivity contribution in [1.82, 2.24) is 30.0 Å². The number of pyridine rings is 2. The average molecular weight is 540 g/mol. The van der Waals surface area contributed by atoms with Crippen LogP contribution in [-0.2, 0) is 0 Å². The van der Waals surface area contributed by atoms with Crippen molar-refractivity contribution in [2.24, 2.45) is 5.73 Å². The molecule has 1 aromatic carbocycles. The van der Waals surface area contributed by atoms with Crippen LogP contribution in [0.4, 0.5) is 8.78 Å². The van der Waals surface area contributed by atoms with Crippen LogP contribution < -0.4 is 5.73 Å². The van der Waals surface area contributed by atoms with E-state index in [1.807, 2.05) is 36.4 Å². The van der Waals surface area contributed by atoms with Gasteiger partial charge in [-0.1, -0.05) is 31.2 Å². The maximum atomic E-state index is 13.7. The van der Waals surface area contributed by atoms with Gasteiger partial charge in [0.1, 0.15) is 11.2 Å². The number of rotatable bonds is 8. The second-order valence-electron chi connectivity index (χ2n) is 10.2. The lowest BCUT2D eigenvalue weighted by atomic mass is 10.0. The highest BCUT2D eigenvalue weighted by Gasteiger charge is 2.38. The summed E-state index contributed by atoms with van der Waals surface area (Å²) in [5.41, 5.74) is 15.0. The smallest absolute Gasteiger partial charge is 0.261 e. The van der Waals surface area contributed by atoms with Gasteiger partial charge in [0, 0.05) is 49.4 Å². The largest absolute Gasteiger partial charge is 0.353 e. The van der Waals surface area contributed by atoms with E-state index < -0.39 is 5.92 Å². The van der Waals surface area contributed by atoms with Crippen LogP contribution in [0.2, 0.25) is 0 Å². The number of halogens is 2. The van der Waals surface area contributed by atoms with Gasteiger partial charge in [-0.3, -0.25) is 15.0 Å². The Labute approximate surface area is 230 Å². The van der Waals surface area contributed by atoms with Gasteiger partial charge in [0.15, 0.2) is 0 Å². The predicted octanol–water partition coefficient (Wildman–Crippen LogP) is 6.19. The van der Waals surface area contributed by atoms with E-state index in [0.29, 0.717) is 13.1 Å². The Morgan fingerprint density at radius 2 is 1.98 bits per heavy atom. The number of aromatic nitrogens is 5. The molecule has 0 atom stereocenters. The molecular formula is C31H31F2N7. The highest BCUT2D eigenvalue weighted by Crippen LogP contribution is 2.34. The first-order chi connectivity index (χ1) is 19.4. The number of hydrogen-bond acceptors (Lipinski definition) is 5. The van der Waals surface area contributed by atoms with Crippen LogP contribution in [0.25, 0.3) is 50.0 Å². The average Bonchev–Trinajstić information content (AvgIpc) is 3.68. The monoisotopic (exact) mass is 539 g/mol. The van der Waals surface area contributed by atoms with Crippen molar-refractivity contribution in [3.05, 3.63) is 84.3 Å². The van der Waals surface area contributed by atoms with E-state index >= 15 is 0 Å². The highest BCUT2D eigenvalue weighted by atomic mass is 19.3. The standard InChI is InChI=1S/C31H31F2N7/c1-2-4-22(15-20(17-34)18-40-14-11-31(32,33)19-40)25-7-8-27-29(37-25)30(39-38-27)28-16-24-23(5-3-6-26(24)36-28)21-9-12-35-13-10-21/h3-10,12-13,15-16,36H,2,11,14,17-19,34H2,1H3,(H,38,39)/b20-15+,22-4+. The fourth-order valence-corrected chi connectivity index (χ4v) is 5.39. The van der Waals surface area contributed by atoms with Crippen LogP contribution >= 0.6 is 0 Å². The fourth-order valence-electron chi connectivity index (χ4n) is 5.39. The molecule has 1 saturated heterocycles. The van der Waals surface area contributed by atoms with Crippen molar-refractivity contribution >= 4 is 27.5 Å². The summed E-state index contributed by atoms with van der Waals surface area (Å²) >= 11 is 0. The second-order valence-corrected chi connectivity index (χ2v) is 10.2. The Bertz CT molecular complexity index is 1720. The minimum Gasteiger partial charge on any atom is -0.353 e. The SMILES string of the molecule is CC/C=C(\C=C(/CN)CN1CCC(F)(F)C1)c1ccc2[nH]nc(-c3cc4c(-c5ccncc5)cccc4[nH]3)c2n1. The maximum absolute atomic E-state index is 13.7. The van der Waals surface area contributed by atoms with Gasteiger partial charge >= 0.3 is 0 Å². The Hall–Kier alpha value is -4.21. The number of hydrogen-bond donors (Lipinski definition) is 3. The summed E-state index contributed by atoms with van der Waals surface area (Å²) in [4.78, 5) is 14.4. The molecule has 4 N–H and O–H groups in total. The van der Waals surface area contributed by atoms with Gasteiger partial charge in [0.05, 0.1) is 23.4 Å². The van der Waals surface area contributed by atoms with E-state index in [0.717, 1.165) is 67.7 Å². The molecule has 0 spiro atoms. The molecule has 5 heterocycles. The van der Waals surface area contributed by atoms with Crippen molar-refractivity contribution < 1.29 is 8.78 Å². The minimum absolute atomic E-state index is 0.109. The quantitative estimate of drug-likeness (QED) is 0.204. The summed E-state index contributed by atoms with van der Waals surface area (Å²) in [5, 5.41) is 8.81. The minimum atomic E-state index is -2.63. The Morgan fingerprint density at radius 1 is 1.12 bits per heavy atom. The first-order valence-corrected chi connectivity index (χ1v) is 13.5. The summed E-state index contributed by atoms with van der Waals surface area (Å²) in [6, 6.07) is 16.2. The van der Waals surface area contributed by atoms with Crippen LogP contribution in [-0.4, -0.2) is 62.2 Å².